The van der Waals surface area contributed by atoms with Gasteiger partial charge in [-0.05, 0) is 214 Å². The van der Waals surface area contributed by atoms with Gasteiger partial charge in [0.15, 0.2) is 11.6 Å². The topological polar surface area (TPSA) is 118 Å². The Labute approximate surface area is 799 Å². The molecule has 648 valence electrons. The Bertz CT molecular complexity index is 7550. The molecule has 0 spiro atoms. The average molecular weight is 1770 g/mol. The maximum absolute atomic E-state index is 5.02. The van der Waals surface area contributed by atoms with E-state index in [9.17, 15) is 0 Å². The number of pyridine rings is 5. The second kappa shape index (κ2) is 34.4. The van der Waals surface area contributed by atoms with Crippen LogP contribution in [0, 0.1) is 0 Å². The van der Waals surface area contributed by atoms with E-state index in [0.29, 0.717) is 17.6 Å². The van der Waals surface area contributed by atoms with Crippen LogP contribution < -0.4 is 0 Å². The summed E-state index contributed by atoms with van der Waals surface area (Å²) in [6, 6.07) is 164. The van der Waals surface area contributed by atoms with Crippen LogP contribution in [0.25, 0.3) is 151 Å². The molecule has 0 atom stereocenters. The molecule has 0 radical (unpaired) electrons. The van der Waals surface area contributed by atoms with Crippen molar-refractivity contribution in [2.75, 3.05) is 0 Å². The monoisotopic (exact) mass is 1760 g/mol. The summed E-state index contributed by atoms with van der Waals surface area (Å²) in [5.41, 5.74) is 36.7. The standard InChI is InChI=1S/C43H29N3.2C42H28N4/c1-3-13-34(14-4-1)43(35-15-5-2-6-16-35)39-18-8-7-17-37(39)42-38-21-24-46(41(38)20-19-40(42)43)36-26-32(30-11-9-22-44-28-30)25-33(27-36)31-12-10-23-45-29-31;1-5-15-29(16-6-1)39-43-40(30-17-7-2-8-18-30)45-41(44-39)46-28-27-34-37(46)26-25-36-38(34)33-23-13-14-24-35(33)42(36,31-19-9-3-10-20-31)32-21-11-4-12-22-32;1-3-13-29(14-4-1)42(30-15-5-2-6-16-30)34-18-8-7-17-32(34)41-33-23-26-46(40(33)22-21-35(41)42)31-27-38(36-19-9-11-24-43-36)45-39(28-31)37-20-10-12-25-44-37/h1-29H;2*1-28H. The van der Waals surface area contributed by atoms with Crippen LogP contribution in [0.2, 0.25) is 0 Å². The Morgan fingerprint density at radius 2 is 0.500 bits per heavy atom. The molecule has 0 bridgehead atoms. The molecule has 15 aromatic carbocycles. The highest BCUT2D eigenvalue weighted by Crippen LogP contribution is 2.62. The van der Waals surface area contributed by atoms with Crippen molar-refractivity contribution >= 4 is 32.7 Å². The summed E-state index contributed by atoms with van der Waals surface area (Å²) in [4.78, 5) is 38.0. The lowest BCUT2D eigenvalue weighted by atomic mass is 9.67. The largest absolute Gasteiger partial charge is 0.316 e. The quantitative estimate of drug-likeness (QED) is 0.0996. The van der Waals surface area contributed by atoms with Gasteiger partial charge in [-0.25, -0.2) is 9.97 Å². The van der Waals surface area contributed by atoms with E-state index in [-0.39, 0.29) is 0 Å². The highest BCUT2D eigenvalue weighted by Gasteiger charge is 2.50. The first-order chi connectivity index (χ1) is 68.5. The molecule has 0 unspecified atom stereocenters. The fourth-order valence-corrected chi connectivity index (χ4v) is 22.1. The first-order valence-electron chi connectivity index (χ1n) is 46.7. The van der Waals surface area contributed by atoms with Gasteiger partial charge in [0.05, 0.1) is 55.6 Å². The Kier molecular flexibility index (Phi) is 20.3. The lowest BCUT2D eigenvalue weighted by Crippen LogP contribution is -2.28. The normalized spacial score (nSPS) is 13.0. The number of benzene rings is 15. The van der Waals surface area contributed by atoms with Crippen LogP contribution in [0.1, 0.15) is 66.8 Å². The second-order valence-electron chi connectivity index (χ2n) is 35.2. The van der Waals surface area contributed by atoms with Gasteiger partial charge in [-0.1, -0.05) is 358 Å². The lowest BCUT2D eigenvalue weighted by molar-refractivity contribution is 0.769. The van der Waals surface area contributed by atoms with Crippen molar-refractivity contribution in [1.82, 2.24) is 53.6 Å². The highest BCUT2D eigenvalue weighted by atomic mass is 15.2. The predicted octanol–water partition coefficient (Wildman–Crippen LogP) is 29.1. The number of aromatic nitrogens is 11. The molecule has 11 nitrogen and oxygen atoms in total. The summed E-state index contributed by atoms with van der Waals surface area (Å²) in [5.74, 6) is 1.88. The minimum absolute atomic E-state index is 0.418. The van der Waals surface area contributed by atoms with Crippen molar-refractivity contribution in [3.8, 4) is 119 Å². The maximum atomic E-state index is 5.02. The molecule has 9 heterocycles. The highest BCUT2D eigenvalue weighted by molar-refractivity contribution is 6.07. The van der Waals surface area contributed by atoms with Crippen LogP contribution in [0.15, 0.2) is 517 Å². The molecule has 0 saturated carbocycles. The molecule has 9 aromatic heterocycles. The summed E-state index contributed by atoms with van der Waals surface area (Å²) >= 11 is 0. The van der Waals surface area contributed by atoms with Gasteiger partial charge in [-0.3, -0.25) is 24.5 Å². The van der Waals surface area contributed by atoms with Crippen molar-refractivity contribution in [3.63, 3.8) is 0 Å². The summed E-state index contributed by atoms with van der Waals surface area (Å²) in [5, 5.41) is 3.63. The average Bonchev–Trinajstić information content (AvgIpc) is 1.53. The second-order valence-corrected chi connectivity index (χ2v) is 35.2. The Morgan fingerprint density at radius 1 is 0.196 bits per heavy atom. The minimum Gasteiger partial charge on any atom is -0.316 e. The van der Waals surface area contributed by atoms with E-state index in [1.54, 1.807) is 0 Å². The zero-order valence-corrected chi connectivity index (χ0v) is 75.0. The van der Waals surface area contributed by atoms with E-state index in [4.69, 9.17) is 19.9 Å². The maximum Gasteiger partial charge on any atom is 0.238 e. The van der Waals surface area contributed by atoms with Gasteiger partial charge in [-0.2, -0.15) is 9.97 Å². The molecular formula is C127H85N11. The Hall–Kier alpha value is -18.3. The summed E-state index contributed by atoms with van der Waals surface area (Å²) < 4.78 is 6.69. The van der Waals surface area contributed by atoms with Crippen LogP contribution in [0.3, 0.4) is 0 Å². The fourth-order valence-electron chi connectivity index (χ4n) is 22.1. The molecule has 0 fully saturated rings. The summed E-state index contributed by atoms with van der Waals surface area (Å²) in [6.45, 7) is 0. The zero-order chi connectivity index (χ0) is 91.5. The van der Waals surface area contributed by atoms with E-state index in [1.807, 2.05) is 146 Å². The van der Waals surface area contributed by atoms with Gasteiger partial charge < -0.3 is 9.13 Å². The number of fused-ring (bicyclic) bond motifs is 15. The van der Waals surface area contributed by atoms with E-state index in [2.05, 4.69) is 404 Å². The summed E-state index contributed by atoms with van der Waals surface area (Å²) in [7, 11) is 0. The van der Waals surface area contributed by atoms with Gasteiger partial charge in [0, 0.05) is 106 Å². The molecular weight excluding hydrogens is 1680 g/mol. The van der Waals surface area contributed by atoms with E-state index in [0.717, 1.165) is 78.6 Å². The van der Waals surface area contributed by atoms with Crippen LogP contribution in [-0.2, 0) is 16.2 Å². The zero-order valence-electron chi connectivity index (χ0n) is 75.0. The number of hydrogen-bond donors (Lipinski definition) is 0. The first-order valence-corrected chi connectivity index (χ1v) is 46.7. The van der Waals surface area contributed by atoms with Crippen LogP contribution in [0.5, 0.6) is 0 Å². The van der Waals surface area contributed by atoms with Gasteiger partial charge in [0.2, 0.25) is 5.95 Å². The van der Waals surface area contributed by atoms with Crippen molar-refractivity contribution in [1.29, 1.82) is 0 Å². The first kappa shape index (κ1) is 81.7. The molecule has 0 N–H and O–H groups in total. The summed E-state index contributed by atoms with van der Waals surface area (Å²) in [6.07, 6.45) is 17.6. The van der Waals surface area contributed by atoms with Crippen LogP contribution >= 0.6 is 0 Å². The van der Waals surface area contributed by atoms with Crippen molar-refractivity contribution in [3.05, 3.63) is 584 Å². The third-order valence-corrected chi connectivity index (χ3v) is 27.9. The molecule has 11 heteroatoms. The molecule has 0 aliphatic heterocycles. The van der Waals surface area contributed by atoms with Crippen LogP contribution in [0.4, 0.5) is 0 Å². The molecule has 138 heavy (non-hydrogen) atoms. The van der Waals surface area contributed by atoms with Crippen molar-refractivity contribution in [2.24, 2.45) is 0 Å². The van der Waals surface area contributed by atoms with E-state index in [1.165, 1.54) is 122 Å². The fraction of sp³-hybridized carbons (Fsp3) is 0.0236. The van der Waals surface area contributed by atoms with Gasteiger partial charge in [0.1, 0.15) is 0 Å². The number of rotatable bonds is 15. The third-order valence-electron chi connectivity index (χ3n) is 27.9. The SMILES string of the molecule is c1ccc(-c2nc(-c3ccccc3)nc(-n3ccc4c5c(ccc43)C(c3ccccc3)(c3ccccc3)c3ccccc3-5)n2)cc1.c1ccc(C2(c3ccccc3)c3ccccc3-c3c2ccc2c3ccn2-c2cc(-c3ccccn3)nc(-c3ccccn3)c2)cc1.c1ccc(C2(c3ccccc3)c3ccccc3-c3c2ccc2c3ccn2-c2cc(-c3cccnc3)cc(-c3cccnc3)c2)cc1. The Morgan fingerprint density at radius 3 is 0.833 bits per heavy atom. The number of hydrogen-bond acceptors (Lipinski definition) is 8. The minimum atomic E-state index is -0.446. The molecule has 0 saturated heterocycles. The molecule has 27 rings (SSSR count). The lowest BCUT2D eigenvalue weighted by Gasteiger charge is -2.33. The number of nitrogens with zero attached hydrogens (tertiary/aromatic N) is 11. The van der Waals surface area contributed by atoms with Gasteiger partial charge in [-0.15, -0.1) is 0 Å². The van der Waals surface area contributed by atoms with Crippen molar-refractivity contribution in [2.45, 2.75) is 16.2 Å². The van der Waals surface area contributed by atoms with Gasteiger partial charge >= 0.3 is 0 Å². The Balaban J connectivity index is 0.000000110. The van der Waals surface area contributed by atoms with Gasteiger partial charge in [0.25, 0.3) is 0 Å². The molecule has 3 aliphatic rings. The van der Waals surface area contributed by atoms with Crippen molar-refractivity contribution < 1.29 is 0 Å². The molecule has 24 aromatic rings. The van der Waals surface area contributed by atoms with Crippen LogP contribution in [-0.4, -0.2) is 53.6 Å². The predicted molar refractivity (Wildman–Crippen MR) is 557 cm³/mol. The smallest absolute Gasteiger partial charge is 0.238 e. The molecule has 3 aliphatic carbocycles. The third kappa shape index (κ3) is 13.5. The molecule has 0 amide bonds. The van der Waals surface area contributed by atoms with E-state index >= 15 is 0 Å². The van der Waals surface area contributed by atoms with E-state index < -0.39 is 16.2 Å².